The third-order valence-corrected chi connectivity index (χ3v) is 4.69. The summed E-state index contributed by atoms with van der Waals surface area (Å²) in [5.41, 5.74) is 4.60. The quantitative estimate of drug-likeness (QED) is 0.825. The molecular formula is C15H19BrClN3. The molecule has 0 saturated heterocycles. The molecule has 0 bridgehead atoms. The average molecular weight is 357 g/mol. The largest absolute Gasteiger partial charge is 0.378 e. The van der Waals surface area contributed by atoms with Crippen LogP contribution >= 0.6 is 27.5 Å². The normalized spacial score (nSPS) is 12.5. The lowest BCUT2D eigenvalue weighted by Crippen LogP contribution is -2.09. The first kappa shape index (κ1) is 15.4. The van der Waals surface area contributed by atoms with Crippen molar-refractivity contribution in [3.05, 3.63) is 44.6 Å². The molecule has 0 saturated carbocycles. The van der Waals surface area contributed by atoms with Gasteiger partial charge in [-0.05, 0) is 61.8 Å². The summed E-state index contributed by atoms with van der Waals surface area (Å²) in [6.07, 6.45) is 0. The maximum absolute atomic E-state index is 6.02. The van der Waals surface area contributed by atoms with E-state index in [1.54, 1.807) is 0 Å². The monoisotopic (exact) mass is 355 g/mol. The molecular weight excluding hydrogens is 338 g/mol. The van der Waals surface area contributed by atoms with Crippen LogP contribution in [0.4, 0.5) is 5.69 Å². The molecule has 1 N–H and O–H groups in total. The van der Waals surface area contributed by atoms with E-state index in [0.29, 0.717) is 0 Å². The van der Waals surface area contributed by atoms with Crippen LogP contribution in [0.3, 0.4) is 0 Å². The Bertz CT molecular complexity index is 622. The molecule has 0 aliphatic heterocycles. The summed E-state index contributed by atoms with van der Waals surface area (Å²) in [4.78, 5) is 0. The second-order valence-electron chi connectivity index (χ2n) is 4.90. The van der Waals surface area contributed by atoms with Crippen LogP contribution < -0.4 is 5.32 Å². The van der Waals surface area contributed by atoms with Gasteiger partial charge in [0.25, 0.3) is 0 Å². The van der Waals surface area contributed by atoms with E-state index in [1.807, 2.05) is 22.9 Å². The number of benzene rings is 1. The predicted molar refractivity (Wildman–Crippen MR) is 88.6 cm³/mol. The van der Waals surface area contributed by atoms with E-state index in [9.17, 15) is 0 Å². The molecule has 1 heterocycles. The molecule has 2 aromatic rings. The van der Waals surface area contributed by atoms with Crippen LogP contribution in [0, 0.1) is 13.8 Å². The van der Waals surface area contributed by atoms with E-state index in [4.69, 9.17) is 11.6 Å². The van der Waals surface area contributed by atoms with Crippen molar-refractivity contribution in [3.8, 4) is 0 Å². The Hall–Kier alpha value is -1.000. The first-order chi connectivity index (χ1) is 9.43. The molecule has 0 radical (unpaired) electrons. The van der Waals surface area contributed by atoms with E-state index < -0.39 is 0 Å². The Morgan fingerprint density at radius 3 is 2.65 bits per heavy atom. The van der Waals surface area contributed by atoms with Crippen molar-refractivity contribution in [2.75, 3.05) is 5.32 Å². The molecule has 5 heteroatoms. The van der Waals surface area contributed by atoms with E-state index in [-0.39, 0.29) is 6.04 Å². The molecule has 1 aromatic heterocycles. The van der Waals surface area contributed by atoms with E-state index >= 15 is 0 Å². The number of rotatable bonds is 4. The molecule has 0 spiro atoms. The van der Waals surface area contributed by atoms with Gasteiger partial charge in [-0.15, -0.1) is 0 Å². The van der Waals surface area contributed by atoms with Crippen LogP contribution in [0.5, 0.6) is 0 Å². The maximum Gasteiger partial charge on any atom is 0.0649 e. The van der Waals surface area contributed by atoms with Crippen LogP contribution in [0.2, 0.25) is 5.02 Å². The second kappa shape index (κ2) is 6.19. The number of hydrogen-bond acceptors (Lipinski definition) is 2. The molecule has 2 rings (SSSR count). The summed E-state index contributed by atoms with van der Waals surface area (Å²) in [7, 11) is 0. The molecule has 108 valence electrons. The Labute approximate surface area is 133 Å². The van der Waals surface area contributed by atoms with Crippen LogP contribution in [-0.4, -0.2) is 9.78 Å². The zero-order valence-corrected chi connectivity index (χ0v) is 14.5. The number of aromatic nitrogens is 2. The van der Waals surface area contributed by atoms with Gasteiger partial charge in [0.1, 0.15) is 0 Å². The maximum atomic E-state index is 6.02. The van der Waals surface area contributed by atoms with Gasteiger partial charge in [-0.1, -0.05) is 11.6 Å². The average Bonchev–Trinajstić information content (AvgIpc) is 2.68. The Morgan fingerprint density at radius 1 is 1.40 bits per heavy atom. The van der Waals surface area contributed by atoms with Gasteiger partial charge in [0.05, 0.1) is 16.8 Å². The summed E-state index contributed by atoms with van der Waals surface area (Å²) in [6, 6.07) is 6.06. The summed E-state index contributed by atoms with van der Waals surface area (Å²) in [5, 5.41) is 8.79. The highest BCUT2D eigenvalue weighted by molar-refractivity contribution is 9.10. The molecule has 1 atom stereocenters. The molecule has 0 amide bonds. The lowest BCUT2D eigenvalue weighted by atomic mass is 10.1. The summed E-state index contributed by atoms with van der Waals surface area (Å²) < 4.78 is 2.94. The summed E-state index contributed by atoms with van der Waals surface area (Å²) >= 11 is 9.47. The number of halogens is 2. The number of hydrogen-bond donors (Lipinski definition) is 1. The lowest BCUT2D eigenvalue weighted by molar-refractivity contribution is 0.632. The Morgan fingerprint density at radius 2 is 2.10 bits per heavy atom. The molecule has 1 unspecified atom stereocenters. The summed E-state index contributed by atoms with van der Waals surface area (Å²) in [6.45, 7) is 9.34. The highest BCUT2D eigenvalue weighted by atomic mass is 79.9. The smallest absolute Gasteiger partial charge is 0.0649 e. The first-order valence-electron chi connectivity index (χ1n) is 6.69. The molecule has 20 heavy (non-hydrogen) atoms. The minimum absolute atomic E-state index is 0.198. The Kier molecular flexibility index (Phi) is 4.76. The van der Waals surface area contributed by atoms with E-state index in [0.717, 1.165) is 27.4 Å². The van der Waals surface area contributed by atoms with Gasteiger partial charge < -0.3 is 5.32 Å². The SMILES string of the molecule is CCn1nc(C)c(C(C)Nc2ccc(Cl)c(Br)c2)c1C. The van der Waals surface area contributed by atoms with Gasteiger partial charge in [0.2, 0.25) is 0 Å². The van der Waals surface area contributed by atoms with Gasteiger partial charge >= 0.3 is 0 Å². The van der Waals surface area contributed by atoms with E-state index in [1.165, 1.54) is 11.3 Å². The fourth-order valence-corrected chi connectivity index (χ4v) is 3.05. The minimum atomic E-state index is 0.198. The van der Waals surface area contributed by atoms with Crippen LogP contribution in [0.1, 0.15) is 36.8 Å². The van der Waals surface area contributed by atoms with Crippen molar-refractivity contribution in [3.63, 3.8) is 0 Å². The number of aryl methyl sites for hydroxylation is 2. The zero-order chi connectivity index (χ0) is 14.9. The molecule has 0 aliphatic rings. The minimum Gasteiger partial charge on any atom is -0.378 e. The van der Waals surface area contributed by atoms with Crippen molar-refractivity contribution in [2.45, 2.75) is 40.3 Å². The fraction of sp³-hybridized carbons (Fsp3) is 0.400. The molecule has 0 aliphatic carbocycles. The highest BCUT2D eigenvalue weighted by Gasteiger charge is 2.17. The molecule has 0 fully saturated rings. The van der Waals surface area contributed by atoms with Crippen molar-refractivity contribution < 1.29 is 0 Å². The predicted octanol–water partition coefficient (Wildman–Crippen LogP) is 5.11. The van der Waals surface area contributed by atoms with Crippen LogP contribution in [-0.2, 0) is 6.54 Å². The van der Waals surface area contributed by atoms with Gasteiger partial charge in [-0.25, -0.2) is 0 Å². The number of nitrogens with zero attached hydrogens (tertiary/aromatic N) is 2. The Balaban J connectivity index is 2.25. The first-order valence-corrected chi connectivity index (χ1v) is 7.86. The standard InChI is InChI=1S/C15H19BrClN3/c1-5-20-11(4)15(10(3)19-20)9(2)18-12-6-7-14(17)13(16)8-12/h6-9,18H,5H2,1-4H3. The highest BCUT2D eigenvalue weighted by Crippen LogP contribution is 2.29. The van der Waals surface area contributed by atoms with Crippen molar-refractivity contribution in [1.82, 2.24) is 9.78 Å². The second-order valence-corrected chi connectivity index (χ2v) is 6.16. The van der Waals surface area contributed by atoms with Crippen molar-refractivity contribution in [1.29, 1.82) is 0 Å². The summed E-state index contributed by atoms with van der Waals surface area (Å²) in [5.74, 6) is 0. The topological polar surface area (TPSA) is 29.9 Å². The van der Waals surface area contributed by atoms with Gasteiger partial charge in [0, 0.05) is 28.0 Å². The zero-order valence-electron chi connectivity index (χ0n) is 12.2. The van der Waals surface area contributed by atoms with Crippen LogP contribution in [0.15, 0.2) is 22.7 Å². The van der Waals surface area contributed by atoms with E-state index in [2.05, 4.69) is 54.0 Å². The van der Waals surface area contributed by atoms with Crippen LogP contribution in [0.25, 0.3) is 0 Å². The molecule has 1 aromatic carbocycles. The van der Waals surface area contributed by atoms with Gasteiger partial charge in [-0.2, -0.15) is 5.10 Å². The fourth-order valence-electron chi connectivity index (χ4n) is 2.55. The van der Waals surface area contributed by atoms with Gasteiger partial charge in [0.15, 0.2) is 0 Å². The van der Waals surface area contributed by atoms with Gasteiger partial charge in [-0.3, -0.25) is 4.68 Å². The number of anilines is 1. The lowest BCUT2D eigenvalue weighted by Gasteiger charge is -2.17. The third kappa shape index (κ3) is 3.01. The molecule has 3 nitrogen and oxygen atoms in total. The van der Waals surface area contributed by atoms with Crippen molar-refractivity contribution >= 4 is 33.2 Å². The number of nitrogens with one attached hydrogen (secondary N) is 1. The van der Waals surface area contributed by atoms with Crippen molar-refractivity contribution in [2.24, 2.45) is 0 Å². The third-order valence-electron chi connectivity index (χ3n) is 3.47.